The van der Waals surface area contributed by atoms with E-state index in [1.807, 2.05) is 0 Å². The van der Waals surface area contributed by atoms with Crippen LogP contribution < -0.4 is 5.32 Å². The molecule has 4 fully saturated rings. The zero-order chi connectivity index (χ0) is 20.1. The van der Waals surface area contributed by atoms with Gasteiger partial charge in [-0.3, -0.25) is 4.79 Å². The molecule has 0 radical (unpaired) electrons. The highest BCUT2D eigenvalue weighted by atomic mass is 35.5. The van der Waals surface area contributed by atoms with Gasteiger partial charge in [-0.2, -0.15) is 0 Å². The van der Waals surface area contributed by atoms with E-state index >= 15 is 0 Å². The van der Waals surface area contributed by atoms with Crippen LogP contribution in [0.2, 0.25) is 15.1 Å². The number of hydrogen-bond acceptors (Lipinski definition) is 4. The average Bonchev–Trinajstić information content (AvgIpc) is 2.63. The Kier molecular flexibility index (Phi) is 5.54. The molecule has 0 unspecified atom stereocenters. The predicted octanol–water partition coefficient (Wildman–Crippen LogP) is 4.92. The van der Waals surface area contributed by atoms with Gasteiger partial charge in [-0.25, -0.2) is 9.78 Å². The minimum absolute atomic E-state index is 0.0326. The molecule has 0 aliphatic heterocycles. The lowest BCUT2D eigenvalue weighted by atomic mass is 9.48. The molecule has 4 bridgehead atoms. The smallest absolute Gasteiger partial charge is 0.359 e. The highest BCUT2D eigenvalue weighted by molar-refractivity contribution is 6.48. The second kappa shape index (κ2) is 7.66. The summed E-state index contributed by atoms with van der Waals surface area (Å²) in [6, 6.07) is 0.0683. The molecule has 5 rings (SSSR count). The summed E-state index contributed by atoms with van der Waals surface area (Å²) in [4.78, 5) is 28.4. The lowest BCUT2D eigenvalue weighted by Crippen LogP contribution is -2.56. The summed E-state index contributed by atoms with van der Waals surface area (Å²) in [6.45, 7) is 1.71. The van der Waals surface area contributed by atoms with Crippen LogP contribution >= 0.6 is 34.8 Å². The van der Waals surface area contributed by atoms with E-state index in [9.17, 15) is 9.59 Å². The molecule has 0 aromatic carbocycles. The van der Waals surface area contributed by atoms with Gasteiger partial charge < -0.3 is 10.1 Å². The monoisotopic (exact) mass is 444 g/mol. The van der Waals surface area contributed by atoms with Crippen molar-refractivity contribution in [2.24, 2.45) is 23.2 Å². The zero-order valence-corrected chi connectivity index (χ0v) is 17.9. The normalized spacial score (nSPS) is 31.5. The van der Waals surface area contributed by atoms with E-state index in [2.05, 4.69) is 17.2 Å². The lowest BCUT2D eigenvalue weighted by Gasteiger charge is -2.59. The molecule has 4 aliphatic rings. The SMILES string of the molecule is C[C@H](NC(=O)COC(=O)c1ncc(Cl)c(Cl)c1Cl)C12CC3CC(CC(C3)C1)C2. The number of amides is 1. The molecule has 1 atom stereocenters. The van der Waals surface area contributed by atoms with Gasteiger partial charge in [-0.1, -0.05) is 34.8 Å². The minimum Gasteiger partial charge on any atom is -0.451 e. The number of ether oxygens (including phenoxy) is 1. The van der Waals surface area contributed by atoms with Crippen LogP contribution in [0.4, 0.5) is 0 Å². The van der Waals surface area contributed by atoms with Crippen LogP contribution in [0.15, 0.2) is 6.20 Å². The van der Waals surface area contributed by atoms with E-state index in [4.69, 9.17) is 39.5 Å². The van der Waals surface area contributed by atoms with Crippen LogP contribution in [0.3, 0.4) is 0 Å². The van der Waals surface area contributed by atoms with Gasteiger partial charge in [0.1, 0.15) is 0 Å². The first-order chi connectivity index (χ1) is 13.3. The molecule has 8 heteroatoms. The number of carbonyl (C=O) groups excluding carboxylic acids is 2. The highest BCUT2D eigenvalue weighted by Crippen LogP contribution is 2.61. The third-order valence-electron chi connectivity index (χ3n) is 6.83. The summed E-state index contributed by atoms with van der Waals surface area (Å²) >= 11 is 17.7. The zero-order valence-electron chi connectivity index (χ0n) is 15.6. The number of rotatable bonds is 5. The topological polar surface area (TPSA) is 68.3 Å². The van der Waals surface area contributed by atoms with E-state index in [-0.39, 0.29) is 44.7 Å². The van der Waals surface area contributed by atoms with Crippen molar-refractivity contribution in [2.45, 2.75) is 51.5 Å². The summed E-state index contributed by atoms with van der Waals surface area (Å²) in [6.07, 6.45) is 8.88. The Balaban J connectivity index is 1.34. The molecule has 1 amide bonds. The van der Waals surface area contributed by atoms with Crippen LogP contribution in [-0.2, 0) is 9.53 Å². The minimum atomic E-state index is -0.804. The Bertz CT molecular complexity index is 779. The van der Waals surface area contributed by atoms with Gasteiger partial charge in [0.2, 0.25) is 0 Å². The van der Waals surface area contributed by atoms with Crippen LogP contribution in [0.5, 0.6) is 0 Å². The third-order valence-corrected chi connectivity index (χ3v) is 8.07. The maximum atomic E-state index is 12.4. The van der Waals surface area contributed by atoms with Crippen molar-refractivity contribution in [1.82, 2.24) is 10.3 Å². The first kappa shape index (κ1) is 20.2. The Labute approximate surface area is 179 Å². The van der Waals surface area contributed by atoms with E-state index in [0.29, 0.717) is 0 Å². The van der Waals surface area contributed by atoms with E-state index in [0.717, 1.165) is 17.8 Å². The Morgan fingerprint density at radius 2 is 1.71 bits per heavy atom. The maximum absolute atomic E-state index is 12.4. The molecule has 0 spiro atoms. The molecule has 152 valence electrons. The summed E-state index contributed by atoms with van der Waals surface area (Å²) in [5, 5.41) is 3.16. The van der Waals surface area contributed by atoms with Crippen LogP contribution in [-0.4, -0.2) is 29.5 Å². The van der Waals surface area contributed by atoms with Crippen LogP contribution in [0.25, 0.3) is 0 Å². The van der Waals surface area contributed by atoms with Gasteiger partial charge in [-0.05, 0) is 68.6 Å². The molecule has 4 aliphatic carbocycles. The predicted molar refractivity (Wildman–Crippen MR) is 108 cm³/mol. The lowest BCUT2D eigenvalue weighted by molar-refractivity contribution is -0.128. The van der Waals surface area contributed by atoms with Gasteiger partial charge in [0.05, 0.1) is 15.1 Å². The standard InChI is InChI=1S/C20H23Cl3N2O3/c1-10(20-5-11-2-12(6-20)4-13(3-11)7-20)25-15(26)9-28-19(27)18-17(23)16(22)14(21)8-24-18/h8,10-13H,2-7,9H2,1H3,(H,25,26)/t10-,11?,12?,13?,20?/m0/s1. The molecule has 1 N–H and O–H groups in total. The molecule has 1 heterocycles. The first-order valence-electron chi connectivity index (χ1n) is 9.73. The van der Waals surface area contributed by atoms with E-state index in [1.54, 1.807) is 0 Å². The number of pyridine rings is 1. The Morgan fingerprint density at radius 3 is 2.29 bits per heavy atom. The fourth-order valence-electron chi connectivity index (χ4n) is 5.93. The number of hydrogen-bond donors (Lipinski definition) is 1. The summed E-state index contributed by atoms with van der Waals surface area (Å²) in [7, 11) is 0. The highest BCUT2D eigenvalue weighted by Gasteiger charge is 2.53. The van der Waals surface area contributed by atoms with Gasteiger partial charge in [0.15, 0.2) is 12.3 Å². The van der Waals surface area contributed by atoms with Gasteiger partial charge in [-0.15, -0.1) is 0 Å². The fourth-order valence-corrected chi connectivity index (χ4v) is 6.49. The van der Waals surface area contributed by atoms with E-state index in [1.165, 1.54) is 44.7 Å². The van der Waals surface area contributed by atoms with E-state index < -0.39 is 5.97 Å². The van der Waals surface area contributed by atoms with Gasteiger partial charge >= 0.3 is 5.97 Å². The summed E-state index contributed by atoms with van der Waals surface area (Å²) in [5.41, 5.74) is 0.0428. The largest absolute Gasteiger partial charge is 0.451 e. The second-order valence-corrected chi connectivity index (χ2v) is 9.89. The Morgan fingerprint density at radius 1 is 1.14 bits per heavy atom. The summed E-state index contributed by atoms with van der Waals surface area (Å²) < 4.78 is 5.09. The van der Waals surface area contributed by atoms with Crippen molar-refractivity contribution in [3.8, 4) is 0 Å². The molecule has 28 heavy (non-hydrogen) atoms. The molecule has 0 saturated heterocycles. The van der Waals surface area contributed by atoms with Gasteiger partial charge in [0, 0.05) is 12.2 Å². The number of nitrogens with zero attached hydrogens (tertiary/aromatic N) is 1. The van der Waals surface area contributed by atoms with Crippen molar-refractivity contribution in [2.75, 3.05) is 6.61 Å². The number of esters is 1. The molecular formula is C20H23Cl3N2O3. The molecule has 1 aromatic heterocycles. The Hall–Kier alpha value is -1.04. The third kappa shape index (κ3) is 3.73. The van der Waals surface area contributed by atoms with Crippen molar-refractivity contribution in [3.05, 3.63) is 27.0 Å². The maximum Gasteiger partial charge on any atom is 0.359 e. The van der Waals surface area contributed by atoms with Crippen molar-refractivity contribution in [1.29, 1.82) is 0 Å². The first-order valence-corrected chi connectivity index (χ1v) is 10.9. The molecular weight excluding hydrogens is 423 g/mol. The van der Waals surface area contributed by atoms with Crippen molar-refractivity contribution < 1.29 is 14.3 Å². The average molecular weight is 446 g/mol. The second-order valence-electron chi connectivity index (χ2n) is 8.73. The number of aromatic nitrogens is 1. The number of carbonyl (C=O) groups is 2. The molecule has 1 aromatic rings. The fraction of sp³-hybridized carbons (Fsp3) is 0.650. The quantitative estimate of drug-likeness (QED) is 0.653. The van der Waals surface area contributed by atoms with Crippen molar-refractivity contribution >= 4 is 46.7 Å². The van der Waals surface area contributed by atoms with Crippen LogP contribution in [0.1, 0.15) is 55.9 Å². The van der Waals surface area contributed by atoms with Crippen molar-refractivity contribution in [3.63, 3.8) is 0 Å². The summed E-state index contributed by atoms with van der Waals surface area (Å²) in [5.74, 6) is 1.32. The number of halogens is 3. The number of nitrogens with one attached hydrogen (secondary N) is 1. The molecule has 4 saturated carbocycles. The molecule has 5 nitrogen and oxygen atoms in total. The van der Waals surface area contributed by atoms with Crippen LogP contribution in [0, 0.1) is 23.2 Å². The van der Waals surface area contributed by atoms with Gasteiger partial charge in [0.25, 0.3) is 5.91 Å².